The summed E-state index contributed by atoms with van der Waals surface area (Å²) in [4.78, 5) is 10.4. The molecule has 0 saturated heterocycles. The Bertz CT molecular complexity index is 136. The van der Waals surface area contributed by atoms with Gasteiger partial charge in [-0.1, -0.05) is 13.8 Å². The molecule has 0 spiro atoms. The number of hydrogen-bond donors (Lipinski definition) is 2. The van der Waals surface area contributed by atoms with Gasteiger partial charge in [-0.15, -0.1) is 0 Å². The van der Waals surface area contributed by atoms with Crippen molar-refractivity contribution in [1.29, 1.82) is 0 Å². The zero-order valence-electron chi connectivity index (χ0n) is 7.83. The summed E-state index contributed by atoms with van der Waals surface area (Å²) < 4.78 is 4.88. The van der Waals surface area contributed by atoms with Crippen LogP contribution in [-0.2, 0) is 9.53 Å². The lowest BCUT2D eigenvalue weighted by atomic mass is 10.2. The van der Waals surface area contributed by atoms with E-state index >= 15 is 0 Å². The molecule has 12 heavy (non-hydrogen) atoms. The first-order valence-corrected chi connectivity index (χ1v) is 4.03. The van der Waals surface area contributed by atoms with Crippen molar-refractivity contribution < 1.29 is 14.6 Å². The molecule has 0 heterocycles. The van der Waals surface area contributed by atoms with Crippen molar-refractivity contribution in [3.63, 3.8) is 0 Å². The van der Waals surface area contributed by atoms with Gasteiger partial charge < -0.3 is 15.2 Å². The van der Waals surface area contributed by atoms with E-state index in [0.717, 1.165) is 0 Å². The van der Waals surface area contributed by atoms with Gasteiger partial charge in [0.2, 0.25) is 0 Å². The van der Waals surface area contributed by atoms with Crippen LogP contribution in [0.1, 0.15) is 20.3 Å². The molecular formula is C8H17NO3. The summed E-state index contributed by atoms with van der Waals surface area (Å²) in [5, 5.41) is 11.6. The fourth-order valence-electron chi connectivity index (χ4n) is 1.05. The van der Waals surface area contributed by atoms with Gasteiger partial charge >= 0.3 is 5.97 Å². The van der Waals surface area contributed by atoms with E-state index in [2.05, 4.69) is 5.32 Å². The van der Waals surface area contributed by atoms with Crippen LogP contribution < -0.4 is 5.32 Å². The summed E-state index contributed by atoms with van der Waals surface area (Å²) >= 11 is 0. The first kappa shape index (κ1) is 11.4. The van der Waals surface area contributed by atoms with Gasteiger partial charge in [0.05, 0.1) is 13.0 Å². The molecule has 2 N–H and O–H groups in total. The molecule has 4 heteroatoms. The molecule has 0 aliphatic carbocycles. The molecule has 0 fully saturated rings. The fraction of sp³-hybridized carbons (Fsp3) is 0.875. The largest absolute Gasteiger partial charge is 0.481 e. The van der Waals surface area contributed by atoms with Crippen molar-refractivity contribution in [3.05, 3.63) is 0 Å². The monoisotopic (exact) mass is 175 g/mol. The lowest BCUT2D eigenvalue weighted by Crippen LogP contribution is -2.39. The van der Waals surface area contributed by atoms with Crippen LogP contribution in [0.25, 0.3) is 0 Å². The molecule has 1 atom stereocenters. The van der Waals surface area contributed by atoms with E-state index in [4.69, 9.17) is 9.84 Å². The number of aliphatic carboxylic acids is 1. The first-order valence-electron chi connectivity index (χ1n) is 4.03. The number of methoxy groups -OCH3 is 1. The van der Waals surface area contributed by atoms with Gasteiger partial charge in [0.1, 0.15) is 0 Å². The quantitative estimate of drug-likeness (QED) is 0.616. The maximum absolute atomic E-state index is 10.4. The standard InChI is InChI=1S/C8H17NO3/c1-6(2)9-7(5-12-3)4-8(10)11/h6-7,9H,4-5H2,1-3H3,(H,10,11). The molecule has 0 rings (SSSR count). The summed E-state index contributed by atoms with van der Waals surface area (Å²) in [7, 11) is 1.57. The number of nitrogens with one attached hydrogen (secondary N) is 1. The highest BCUT2D eigenvalue weighted by Gasteiger charge is 2.12. The van der Waals surface area contributed by atoms with Crippen LogP contribution in [0.15, 0.2) is 0 Å². The second-order valence-corrected chi connectivity index (χ2v) is 3.07. The summed E-state index contributed by atoms with van der Waals surface area (Å²) in [6.07, 6.45) is 0.103. The van der Waals surface area contributed by atoms with E-state index in [1.54, 1.807) is 7.11 Å². The van der Waals surface area contributed by atoms with E-state index in [0.29, 0.717) is 6.61 Å². The van der Waals surface area contributed by atoms with Crippen LogP contribution in [0.3, 0.4) is 0 Å². The van der Waals surface area contributed by atoms with Crippen molar-refractivity contribution in [2.45, 2.75) is 32.4 Å². The van der Waals surface area contributed by atoms with Crippen molar-refractivity contribution >= 4 is 5.97 Å². The van der Waals surface area contributed by atoms with Gasteiger partial charge in [-0.2, -0.15) is 0 Å². The Labute approximate surface area is 72.9 Å². The lowest BCUT2D eigenvalue weighted by Gasteiger charge is -2.18. The van der Waals surface area contributed by atoms with E-state index in [9.17, 15) is 4.79 Å². The summed E-state index contributed by atoms with van der Waals surface area (Å²) in [6, 6.07) is 0.192. The third-order valence-electron chi connectivity index (χ3n) is 1.36. The predicted molar refractivity (Wildman–Crippen MR) is 46.2 cm³/mol. The minimum Gasteiger partial charge on any atom is -0.481 e. The normalized spacial score (nSPS) is 13.3. The molecule has 72 valence electrons. The molecule has 0 saturated carbocycles. The van der Waals surface area contributed by atoms with Crippen molar-refractivity contribution in [2.24, 2.45) is 0 Å². The fourth-order valence-corrected chi connectivity index (χ4v) is 1.05. The number of rotatable bonds is 6. The highest BCUT2D eigenvalue weighted by atomic mass is 16.5. The summed E-state index contributed by atoms with van der Waals surface area (Å²) in [6.45, 7) is 4.39. The Balaban J connectivity index is 3.77. The van der Waals surface area contributed by atoms with Gasteiger partial charge in [-0.05, 0) is 0 Å². The third kappa shape index (κ3) is 6.12. The van der Waals surface area contributed by atoms with E-state index in [-0.39, 0.29) is 18.5 Å². The zero-order chi connectivity index (χ0) is 9.56. The Morgan fingerprint density at radius 3 is 2.50 bits per heavy atom. The van der Waals surface area contributed by atoms with Gasteiger partial charge in [0.15, 0.2) is 0 Å². The third-order valence-corrected chi connectivity index (χ3v) is 1.36. The van der Waals surface area contributed by atoms with Crippen LogP contribution in [0.5, 0.6) is 0 Å². The van der Waals surface area contributed by atoms with Crippen molar-refractivity contribution in [2.75, 3.05) is 13.7 Å². The molecule has 4 nitrogen and oxygen atoms in total. The molecule has 0 aromatic heterocycles. The Morgan fingerprint density at radius 1 is 1.58 bits per heavy atom. The number of carbonyl (C=O) groups is 1. The van der Waals surface area contributed by atoms with E-state index < -0.39 is 5.97 Å². The van der Waals surface area contributed by atoms with E-state index in [1.807, 2.05) is 13.8 Å². The highest BCUT2D eigenvalue weighted by molar-refractivity contribution is 5.67. The van der Waals surface area contributed by atoms with Crippen LogP contribution in [0.4, 0.5) is 0 Å². The average molecular weight is 175 g/mol. The number of hydrogen-bond acceptors (Lipinski definition) is 3. The maximum atomic E-state index is 10.4. The lowest BCUT2D eigenvalue weighted by molar-refractivity contribution is -0.137. The summed E-state index contributed by atoms with van der Waals surface area (Å²) in [5.41, 5.74) is 0. The molecule has 0 aliphatic rings. The SMILES string of the molecule is COCC(CC(=O)O)NC(C)C. The number of carboxylic acid groups (broad SMARTS) is 1. The van der Waals surface area contributed by atoms with Crippen molar-refractivity contribution in [1.82, 2.24) is 5.32 Å². The molecule has 0 amide bonds. The van der Waals surface area contributed by atoms with Crippen LogP contribution >= 0.6 is 0 Å². The Kier molecular flexibility index (Phi) is 5.66. The van der Waals surface area contributed by atoms with Crippen molar-refractivity contribution in [3.8, 4) is 0 Å². The molecule has 0 bridgehead atoms. The Hall–Kier alpha value is -0.610. The smallest absolute Gasteiger partial charge is 0.305 e. The molecule has 0 aliphatic heterocycles. The van der Waals surface area contributed by atoms with Gasteiger partial charge in [0.25, 0.3) is 0 Å². The average Bonchev–Trinajstić information content (AvgIpc) is 1.84. The predicted octanol–water partition coefficient (Wildman–Crippen LogP) is 0.474. The topological polar surface area (TPSA) is 58.6 Å². The number of ether oxygens (including phenoxy) is 1. The van der Waals surface area contributed by atoms with Crippen LogP contribution in [0, 0.1) is 0 Å². The minimum absolute atomic E-state index is 0.0903. The molecule has 0 aromatic rings. The second-order valence-electron chi connectivity index (χ2n) is 3.07. The van der Waals surface area contributed by atoms with Gasteiger partial charge in [-0.3, -0.25) is 4.79 Å². The molecule has 1 unspecified atom stereocenters. The zero-order valence-corrected chi connectivity index (χ0v) is 7.83. The molecule has 0 aromatic carbocycles. The minimum atomic E-state index is -0.801. The first-order chi connectivity index (χ1) is 5.56. The second kappa shape index (κ2) is 5.97. The molecular weight excluding hydrogens is 158 g/mol. The highest BCUT2D eigenvalue weighted by Crippen LogP contribution is 1.94. The Morgan fingerprint density at radius 2 is 2.17 bits per heavy atom. The van der Waals surface area contributed by atoms with Crippen LogP contribution in [-0.4, -0.2) is 36.9 Å². The number of carboxylic acids is 1. The van der Waals surface area contributed by atoms with Gasteiger partial charge in [-0.25, -0.2) is 0 Å². The van der Waals surface area contributed by atoms with Crippen LogP contribution in [0.2, 0.25) is 0 Å². The summed E-state index contributed by atoms with van der Waals surface area (Å²) in [5.74, 6) is -0.801. The molecule has 0 radical (unpaired) electrons. The van der Waals surface area contributed by atoms with E-state index in [1.165, 1.54) is 0 Å². The van der Waals surface area contributed by atoms with Gasteiger partial charge in [0, 0.05) is 19.2 Å². The maximum Gasteiger partial charge on any atom is 0.305 e.